The summed E-state index contributed by atoms with van der Waals surface area (Å²) in [7, 11) is 0. The van der Waals surface area contributed by atoms with Gasteiger partial charge in [0.2, 0.25) is 0 Å². The van der Waals surface area contributed by atoms with Crippen LogP contribution in [0.5, 0.6) is 0 Å². The molecule has 0 fully saturated rings. The Kier molecular flexibility index (Phi) is 38.8. The largest absolute Gasteiger partial charge is 0.465 e. The Morgan fingerprint density at radius 3 is 1.43 bits per heavy atom. The van der Waals surface area contributed by atoms with Gasteiger partial charge in [0.15, 0.2) is 6.29 Å². The van der Waals surface area contributed by atoms with Crippen molar-refractivity contribution in [1.82, 2.24) is 0 Å². The van der Waals surface area contributed by atoms with Crippen molar-refractivity contribution < 1.29 is 33.6 Å². The highest BCUT2D eigenvalue weighted by molar-refractivity contribution is 5.69. The van der Waals surface area contributed by atoms with Crippen molar-refractivity contribution in [3.05, 3.63) is 48.6 Å². The summed E-state index contributed by atoms with van der Waals surface area (Å²) >= 11 is 0. The maximum absolute atomic E-state index is 12.5. The molecule has 0 aliphatic carbocycles. The zero-order chi connectivity index (χ0) is 37.3. The van der Waals surface area contributed by atoms with E-state index in [-0.39, 0.29) is 38.2 Å². The van der Waals surface area contributed by atoms with E-state index in [4.69, 9.17) is 18.9 Å². The van der Waals surface area contributed by atoms with Gasteiger partial charge in [-0.25, -0.2) is 0 Å². The summed E-state index contributed by atoms with van der Waals surface area (Å²) < 4.78 is 22.6. The molecule has 1 atom stereocenters. The summed E-state index contributed by atoms with van der Waals surface area (Å²) in [6.07, 6.45) is 42.1. The smallest absolute Gasteiger partial charge is 0.305 e. The Bertz CT molecular complexity index is 853. The summed E-state index contributed by atoms with van der Waals surface area (Å²) in [5.74, 6) is -1.11. The van der Waals surface area contributed by atoms with E-state index in [1.165, 1.54) is 83.5 Å². The van der Waals surface area contributed by atoms with Crippen molar-refractivity contribution in [2.75, 3.05) is 33.0 Å². The number of ether oxygens (including phenoxy) is 4. The van der Waals surface area contributed by atoms with Crippen LogP contribution in [0.2, 0.25) is 0 Å². The van der Waals surface area contributed by atoms with E-state index in [1.807, 2.05) is 12.2 Å². The molecule has 0 saturated carbocycles. The minimum atomic E-state index is -0.518. The molecule has 0 spiro atoms. The second-order valence-electron chi connectivity index (χ2n) is 13.7. The molecule has 0 aliphatic rings. The first-order chi connectivity index (χ1) is 25.1. The fourth-order valence-electron chi connectivity index (χ4n) is 5.33. The average Bonchev–Trinajstić information content (AvgIpc) is 3.14. The quantitative estimate of drug-likeness (QED) is 0.0294. The molecule has 0 aliphatic heterocycles. The van der Waals surface area contributed by atoms with Crippen molar-refractivity contribution in [2.45, 2.75) is 181 Å². The van der Waals surface area contributed by atoms with E-state index in [2.05, 4.69) is 57.2 Å². The number of esters is 2. The van der Waals surface area contributed by atoms with Gasteiger partial charge in [0, 0.05) is 12.8 Å². The number of rotatable bonds is 38. The van der Waals surface area contributed by atoms with Crippen LogP contribution in [0, 0.1) is 5.92 Å². The number of hydrogen-bond acceptors (Lipinski definition) is 7. The third kappa shape index (κ3) is 37.3. The van der Waals surface area contributed by atoms with Crippen LogP contribution in [0.15, 0.2) is 48.6 Å². The highest BCUT2D eigenvalue weighted by Crippen LogP contribution is 2.12. The van der Waals surface area contributed by atoms with E-state index < -0.39 is 12.2 Å². The van der Waals surface area contributed by atoms with Crippen LogP contribution in [0.4, 0.5) is 0 Å². The Morgan fingerprint density at radius 1 is 0.510 bits per heavy atom. The molecule has 0 aromatic rings. The number of allylic oxidation sites excluding steroid dienone is 6. The number of unbranched alkanes of at least 4 members (excludes halogenated alkanes) is 16. The highest BCUT2D eigenvalue weighted by atomic mass is 16.7. The number of carbonyl (C=O) groups is 2. The second-order valence-corrected chi connectivity index (χ2v) is 13.7. The lowest BCUT2D eigenvalue weighted by Gasteiger charge is -2.18. The number of hydrogen-bond donors (Lipinski definition) is 1. The second kappa shape index (κ2) is 40.5. The summed E-state index contributed by atoms with van der Waals surface area (Å²) in [6, 6.07) is 0. The Hall–Kier alpha value is -2.22. The van der Waals surface area contributed by atoms with Gasteiger partial charge in [0.25, 0.3) is 0 Å². The summed E-state index contributed by atoms with van der Waals surface area (Å²) in [6.45, 7) is 7.33. The summed E-state index contributed by atoms with van der Waals surface area (Å²) in [5, 5.41) is 9.75. The van der Waals surface area contributed by atoms with E-state index in [1.54, 1.807) is 0 Å². The Morgan fingerprint density at radius 2 is 0.922 bits per heavy atom. The van der Waals surface area contributed by atoms with E-state index in [0.717, 1.165) is 51.4 Å². The van der Waals surface area contributed by atoms with Gasteiger partial charge in [-0.15, -0.1) is 0 Å². The molecule has 0 saturated heterocycles. The van der Waals surface area contributed by atoms with Gasteiger partial charge >= 0.3 is 11.9 Å². The van der Waals surface area contributed by atoms with E-state index in [0.29, 0.717) is 26.1 Å². The van der Waals surface area contributed by atoms with Crippen LogP contribution < -0.4 is 0 Å². The SMILES string of the molecule is CCCCC/C=C\C/C=C\CCCCCCCC(=O)OCC(CO)COC(=O)CCC(OC/C=C\CCCCCC)OC/C=C\CCCCCC. The molecule has 0 radical (unpaired) electrons. The highest BCUT2D eigenvalue weighted by Gasteiger charge is 2.16. The van der Waals surface area contributed by atoms with Crippen molar-refractivity contribution >= 4 is 11.9 Å². The van der Waals surface area contributed by atoms with Gasteiger partial charge in [0.1, 0.15) is 0 Å². The molecule has 1 N–H and O–H groups in total. The van der Waals surface area contributed by atoms with Crippen molar-refractivity contribution in [1.29, 1.82) is 0 Å². The fraction of sp³-hybridized carbons (Fsp3) is 0.773. The zero-order valence-corrected chi connectivity index (χ0v) is 33.2. The molecule has 0 aromatic carbocycles. The first kappa shape index (κ1) is 48.8. The summed E-state index contributed by atoms with van der Waals surface area (Å²) in [5.41, 5.74) is 0. The molecule has 1 unspecified atom stereocenters. The van der Waals surface area contributed by atoms with Crippen molar-refractivity contribution in [2.24, 2.45) is 5.92 Å². The Balaban J connectivity index is 4.23. The van der Waals surface area contributed by atoms with Crippen LogP contribution in [0.1, 0.15) is 175 Å². The molecule has 296 valence electrons. The maximum atomic E-state index is 12.5. The molecular formula is C44H78O7. The van der Waals surface area contributed by atoms with Crippen molar-refractivity contribution in [3.63, 3.8) is 0 Å². The molecule has 0 rings (SSSR count). The number of carbonyl (C=O) groups excluding carboxylic acids is 2. The minimum Gasteiger partial charge on any atom is -0.465 e. The zero-order valence-electron chi connectivity index (χ0n) is 33.2. The van der Waals surface area contributed by atoms with Crippen LogP contribution in [0.25, 0.3) is 0 Å². The number of aliphatic hydroxyl groups is 1. The lowest BCUT2D eigenvalue weighted by molar-refractivity contribution is -0.156. The average molecular weight is 719 g/mol. The van der Waals surface area contributed by atoms with Gasteiger partial charge < -0.3 is 24.1 Å². The third-order valence-electron chi connectivity index (χ3n) is 8.67. The van der Waals surface area contributed by atoms with Crippen LogP contribution in [0.3, 0.4) is 0 Å². The van der Waals surface area contributed by atoms with Crippen LogP contribution >= 0.6 is 0 Å². The lowest BCUT2D eigenvalue weighted by Crippen LogP contribution is -2.25. The molecular weight excluding hydrogens is 640 g/mol. The summed E-state index contributed by atoms with van der Waals surface area (Å²) in [4.78, 5) is 24.7. The first-order valence-electron chi connectivity index (χ1n) is 20.8. The Labute approximate surface area is 313 Å². The molecule has 0 heterocycles. The molecule has 0 amide bonds. The van der Waals surface area contributed by atoms with Crippen molar-refractivity contribution in [3.8, 4) is 0 Å². The van der Waals surface area contributed by atoms with Gasteiger partial charge in [0.05, 0.1) is 45.4 Å². The van der Waals surface area contributed by atoms with E-state index in [9.17, 15) is 14.7 Å². The standard InChI is InChI=1S/C44H78O7/c1-4-7-10-13-16-17-18-19-20-21-22-23-24-27-30-33-42(46)50-39-41(38-45)40-51-43(47)34-35-44(48-36-31-28-25-14-11-8-5-2)49-37-32-29-26-15-12-9-6-3/h16-17,19-20,28-29,31-32,41,44-45H,4-15,18,21-27,30,33-40H2,1-3H3/b17-16-,20-19-,31-28-,32-29-. The molecule has 0 aromatic heterocycles. The van der Waals surface area contributed by atoms with Gasteiger partial charge in [-0.2, -0.15) is 0 Å². The topological polar surface area (TPSA) is 91.3 Å². The molecule has 7 nitrogen and oxygen atoms in total. The van der Waals surface area contributed by atoms with Gasteiger partial charge in [-0.3, -0.25) is 9.59 Å². The lowest BCUT2D eigenvalue weighted by atomic mass is 10.1. The molecule has 51 heavy (non-hydrogen) atoms. The maximum Gasteiger partial charge on any atom is 0.305 e. The monoisotopic (exact) mass is 719 g/mol. The predicted octanol–water partition coefficient (Wildman–Crippen LogP) is 11.7. The minimum absolute atomic E-state index is 0.000223. The molecule has 0 bridgehead atoms. The van der Waals surface area contributed by atoms with Crippen LogP contribution in [-0.2, 0) is 28.5 Å². The van der Waals surface area contributed by atoms with Crippen LogP contribution in [-0.4, -0.2) is 56.4 Å². The first-order valence-corrected chi connectivity index (χ1v) is 20.8. The predicted molar refractivity (Wildman–Crippen MR) is 213 cm³/mol. The van der Waals surface area contributed by atoms with Gasteiger partial charge in [-0.05, 0) is 64.2 Å². The fourth-order valence-corrected chi connectivity index (χ4v) is 5.33. The molecule has 7 heteroatoms. The van der Waals surface area contributed by atoms with E-state index >= 15 is 0 Å². The number of aliphatic hydroxyl groups excluding tert-OH is 1. The third-order valence-corrected chi connectivity index (χ3v) is 8.67. The van der Waals surface area contributed by atoms with Gasteiger partial charge in [-0.1, -0.05) is 140 Å². The normalized spacial score (nSPS) is 12.7.